The van der Waals surface area contributed by atoms with Gasteiger partial charge in [0.1, 0.15) is 12.1 Å². The third-order valence-corrected chi connectivity index (χ3v) is 6.12. The molecular formula is C21H26N4O2. The van der Waals surface area contributed by atoms with E-state index in [4.69, 9.17) is 0 Å². The highest BCUT2D eigenvalue weighted by molar-refractivity contribution is 6.06. The van der Waals surface area contributed by atoms with Gasteiger partial charge in [-0.2, -0.15) is 5.10 Å². The number of aromatic amines is 1. The highest BCUT2D eigenvalue weighted by Crippen LogP contribution is 2.29. The van der Waals surface area contributed by atoms with Crippen LogP contribution in [0.5, 0.6) is 0 Å². The van der Waals surface area contributed by atoms with Crippen molar-refractivity contribution in [2.24, 2.45) is 11.8 Å². The number of hydrogen-bond acceptors (Lipinski definition) is 3. The normalized spacial score (nSPS) is 23.0. The number of aromatic nitrogens is 3. The molecule has 1 aliphatic carbocycles. The smallest absolute Gasteiger partial charge is 0.291 e. The van der Waals surface area contributed by atoms with Crippen LogP contribution in [0.25, 0.3) is 21.8 Å². The van der Waals surface area contributed by atoms with Gasteiger partial charge >= 0.3 is 0 Å². The molecule has 142 valence electrons. The molecule has 2 heterocycles. The minimum absolute atomic E-state index is 0.0548. The van der Waals surface area contributed by atoms with Crippen LogP contribution >= 0.6 is 0 Å². The Labute approximate surface area is 158 Å². The van der Waals surface area contributed by atoms with Crippen LogP contribution in [0.15, 0.2) is 29.2 Å². The number of hydrogen-bond donors (Lipinski definition) is 2. The van der Waals surface area contributed by atoms with Crippen molar-refractivity contribution in [3.8, 4) is 0 Å². The number of amides is 1. The first-order valence-electron chi connectivity index (χ1n) is 9.71. The fraction of sp³-hybridized carbons (Fsp3) is 0.476. The molecule has 0 unspecified atom stereocenters. The van der Waals surface area contributed by atoms with Crippen LogP contribution in [-0.4, -0.2) is 26.7 Å². The van der Waals surface area contributed by atoms with Gasteiger partial charge in [0, 0.05) is 22.3 Å². The van der Waals surface area contributed by atoms with E-state index in [0.717, 1.165) is 34.7 Å². The van der Waals surface area contributed by atoms with E-state index in [1.165, 1.54) is 11.1 Å². The van der Waals surface area contributed by atoms with Gasteiger partial charge in [-0.15, -0.1) is 0 Å². The number of nitrogens with zero attached hydrogens (tertiary/aromatic N) is 2. The minimum Gasteiger partial charge on any atom is -0.351 e. The van der Waals surface area contributed by atoms with Gasteiger partial charge in [0.25, 0.3) is 5.56 Å². The lowest BCUT2D eigenvalue weighted by Crippen LogP contribution is -2.45. The Bertz CT molecular complexity index is 1070. The van der Waals surface area contributed by atoms with E-state index in [0.29, 0.717) is 17.4 Å². The quantitative estimate of drug-likeness (QED) is 0.747. The van der Waals surface area contributed by atoms with E-state index in [1.54, 1.807) is 6.20 Å². The molecule has 3 aromatic rings. The standard InChI is InChI=1S/C21H26N4O2/c1-12-7-8-18-15(9-12)16-10-22-25(21(27)20(16)24-18)11-19(26)23-17-6-4-5-13(2)14(17)3/h7-10,13-14,17,24H,4-6,11H2,1-3H3,(H,23,26)/t13-,14-,17-/m0/s1. The highest BCUT2D eigenvalue weighted by atomic mass is 16.2. The van der Waals surface area contributed by atoms with Crippen molar-refractivity contribution in [3.63, 3.8) is 0 Å². The number of aryl methyl sites for hydroxylation is 1. The molecule has 0 spiro atoms. The summed E-state index contributed by atoms with van der Waals surface area (Å²) in [6.07, 6.45) is 5.02. The number of benzene rings is 1. The van der Waals surface area contributed by atoms with Crippen LogP contribution in [0.3, 0.4) is 0 Å². The van der Waals surface area contributed by atoms with E-state index < -0.39 is 0 Å². The van der Waals surface area contributed by atoms with Crippen molar-refractivity contribution < 1.29 is 4.79 Å². The summed E-state index contributed by atoms with van der Waals surface area (Å²) >= 11 is 0. The predicted octanol–water partition coefficient (Wildman–Crippen LogP) is 3.13. The predicted molar refractivity (Wildman–Crippen MR) is 107 cm³/mol. The maximum Gasteiger partial charge on any atom is 0.291 e. The van der Waals surface area contributed by atoms with E-state index in [9.17, 15) is 9.59 Å². The summed E-state index contributed by atoms with van der Waals surface area (Å²) in [6.45, 7) is 6.39. The number of fused-ring (bicyclic) bond motifs is 3. The number of carbonyl (C=O) groups is 1. The molecule has 27 heavy (non-hydrogen) atoms. The van der Waals surface area contributed by atoms with Crippen LogP contribution < -0.4 is 10.9 Å². The maximum atomic E-state index is 12.8. The molecule has 1 saturated carbocycles. The molecule has 1 fully saturated rings. The fourth-order valence-corrected chi connectivity index (χ4v) is 4.23. The van der Waals surface area contributed by atoms with Crippen LogP contribution in [0.4, 0.5) is 0 Å². The van der Waals surface area contributed by atoms with Gasteiger partial charge in [-0.1, -0.05) is 38.3 Å². The van der Waals surface area contributed by atoms with Gasteiger partial charge in [0.15, 0.2) is 0 Å². The Kier molecular flexibility index (Phi) is 4.50. The lowest BCUT2D eigenvalue weighted by Gasteiger charge is -2.34. The van der Waals surface area contributed by atoms with Gasteiger partial charge in [0.05, 0.1) is 6.20 Å². The SMILES string of the molecule is Cc1ccc2[nH]c3c(=O)n(CC(=O)N[C@H]4CCC[C@H](C)[C@@H]4C)ncc3c2c1. The lowest BCUT2D eigenvalue weighted by atomic mass is 9.78. The monoisotopic (exact) mass is 366 g/mol. The van der Waals surface area contributed by atoms with E-state index in [2.05, 4.69) is 29.2 Å². The molecule has 0 aliphatic heterocycles. The zero-order valence-electron chi connectivity index (χ0n) is 16.1. The second-order valence-electron chi connectivity index (χ2n) is 8.01. The molecule has 1 aliphatic rings. The number of H-pyrrole nitrogens is 1. The van der Waals surface area contributed by atoms with Gasteiger partial charge < -0.3 is 10.3 Å². The molecular weight excluding hydrogens is 340 g/mol. The van der Waals surface area contributed by atoms with Crippen molar-refractivity contribution in [2.75, 3.05) is 0 Å². The third kappa shape index (κ3) is 3.24. The molecule has 6 heteroatoms. The molecule has 1 amide bonds. The number of nitrogens with one attached hydrogen (secondary N) is 2. The first-order valence-corrected chi connectivity index (χ1v) is 9.71. The van der Waals surface area contributed by atoms with Gasteiger partial charge in [-0.3, -0.25) is 9.59 Å². The number of rotatable bonds is 3. The molecule has 0 saturated heterocycles. The average molecular weight is 366 g/mol. The van der Waals surface area contributed by atoms with Crippen molar-refractivity contribution in [1.29, 1.82) is 0 Å². The van der Waals surface area contributed by atoms with Gasteiger partial charge in [-0.25, -0.2) is 4.68 Å². The van der Waals surface area contributed by atoms with E-state index in [-0.39, 0.29) is 24.1 Å². The summed E-state index contributed by atoms with van der Waals surface area (Å²) in [5.74, 6) is 0.907. The van der Waals surface area contributed by atoms with Gasteiger partial charge in [0.2, 0.25) is 5.91 Å². The molecule has 2 aromatic heterocycles. The van der Waals surface area contributed by atoms with Gasteiger partial charge in [-0.05, 0) is 37.3 Å². The molecule has 6 nitrogen and oxygen atoms in total. The van der Waals surface area contributed by atoms with Crippen molar-refractivity contribution in [3.05, 3.63) is 40.3 Å². The second-order valence-corrected chi connectivity index (χ2v) is 8.01. The molecule has 0 radical (unpaired) electrons. The fourth-order valence-electron chi connectivity index (χ4n) is 4.23. The zero-order valence-corrected chi connectivity index (χ0v) is 16.1. The summed E-state index contributed by atoms with van der Waals surface area (Å²) in [6, 6.07) is 6.19. The van der Waals surface area contributed by atoms with Crippen LogP contribution in [0.1, 0.15) is 38.7 Å². The summed E-state index contributed by atoms with van der Waals surface area (Å²) in [5.41, 5.74) is 2.27. The lowest BCUT2D eigenvalue weighted by molar-refractivity contribution is -0.123. The Morgan fingerprint density at radius 2 is 2.11 bits per heavy atom. The largest absolute Gasteiger partial charge is 0.351 e. The molecule has 3 atom stereocenters. The minimum atomic E-state index is -0.262. The Morgan fingerprint density at radius 1 is 1.30 bits per heavy atom. The van der Waals surface area contributed by atoms with Crippen molar-refractivity contribution in [2.45, 2.75) is 52.6 Å². The van der Waals surface area contributed by atoms with E-state index in [1.807, 2.05) is 25.1 Å². The average Bonchev–Trinajstić information content (AvgIpc) is 3.00. The van der Waals surface area contributed by atoms with Crippen molar-refractivity contribution in [1.82, 2.24) is 20.1 Å². The summed E-state index contributed by atoms with van der Waals surface area (Å²) in [7, 11) is 0. The Hall–Kier alpha value is -2.63. The first kappa shape index (κ1) is 17.8. The Morgan fingerprint density at radius 3 is 2.93 bits per heavy atom. The third-order valence-electron chi connectivity index (χ3n) is 6.12. The van der Waals surface area contributed by atoms with Crippen LogP contribution in [0, 0.1) is 18.8 Å². The first-order chi connectivity index (χ1) is 12.9. The molecule has 1 aromatic carbocycles. The van der Waals surface area contributed by atoms with Crippen molar-refractivity contribution >= 4 is 27.7 Å². The topological polar surface area (TPSA) is 79.8 Å². The molecule has 0 bridgehead atoms. The van der Waals surface area contributed by atoms with E-state index >= 15 is 0 Å². The summed E-state index contributed by atoms with van der Waals surface area (Å²) in [5, 5.41) is 9.14. The van der Waals surface area contributed by atoms with Crippen LogP contribution in [0.2, 0.25) is 0 Å². The summed E-state index contributed by atoms with van der Waals surface area (Å²) in [4.78, 5) is 28.5. The maximum absolute atomic E-state index is 12.8. The Balaban J connectivity index is 1.59. The van der Waals surface area contributed by atoms with Crippen LogP contribution in [-0.2, 0) is 11.3 Å². The summed E-state index contributed by atoms with van der Waals surface area (Å²) < 4.78 is 1.25. The molecule has 2 N–H and O–H groups in total. The zero-order chi connectivity index (χ0) is 19.1. The second kappa shape index (κ2) is 6.83. The highest BCUT2D eigenvalue weighted by Gasteiger charge is 2.28. The molecule has 4 rings (SSSR count). The number of carbonyl (C=O) groups excluding carboxylic acids is 1.